The Morgan fingerprint density at radius 1 is 0.345 bits per heavy atom. The van der Waals surface area contributed by atoms with Gasteiger partial charge in [-0.2, -0.15) is 0 Å². The molecule has 3 atom stereocenters. The lowest BCUT2D eigenvalue weighted by Crippen LogP contribution is -2.49. The molecule has 4 N–H and O–H groups in total. The van der Waals surface area contributed by atoms with Gasteiger partial charge in [-0.3, -0.25) is 4.79 Å². The second kappa shape index (κ2) is 49.0. The highest BCUT2D eigenvalue weighted by molar-refractivity contribution is 5.80. The molecule has 0 bridgehead atoms. The molecule has 58 heavy (non-hydrogen) atoms. The molecule has 348 valence electrons. The second-order valence-electron chi connectivity index (χ2n) is 18.8. The summed E-state index contributed by atoms with van der Waals surface area (Å²) in [5, 5.41) is 33.5. The van der Waals surface area contributed by atoms with Gasteiger partial charge in [0.05, 0.1) is 18.8 Å². The molecular weight excluding hydrogens is 715 g/mol. The Bertz CT molecular complexity index is 777. The highest BCUT2D eigenvalue weighted by atomic mass is 16.3. The van der Waals surface area contributed by atoms with E-state index in [-0.39, 0.29) is 6.61 Å². The zero-order valence-corrected chi connectivity index (χ0v) is 39.7. The molecule has 0 aliphatic heterocycles. The Kier molecular flexibility index (Phi) is 48.5. The van der Waals surface area contributed by atoms with Gasteiger partial charge in [-0.1, -0.05) is 296 Å². The van der Waals surface area contributed by atoms with Gasteiger partial charge in [0.15, 0.2) is 0 Å². The Morgan fingerprint density at radius 2 is 0.552 bits per heavy atom. The first-order valence-corrected chi connectivity index (χ1v) is 26.8. The van der Waals surface area contributed by atoms with Crippen molar-refractivity contribution in [1.29, 1.82) is 0 Å². The summed E-state index contributed by atoms with van der Waals surface area (Å²) >= 11 is 0. The molecule has 5 heteroatoms. The van der Waals surface area contributed by atoms with Crippen LogP contribution < -0.4 is 5.32 Å². The standard InChI is InChI=1S/C53H107NO4/c1-3-5-7-9-11-13-15-17-19-21-23-25-26-28-29-31-33-35-37-39-41-43-45-47-51(56)50(49-55)54-53(58)52(57)48-46-44-42-40-38-36-34-32-30-27-24-22-20-18-16-14-12-10-8-6-4-2/h50-52,55-57H,3-49H2,1-2H3,(H,54,58). The number of aliphatic hydroxyl groups is 3. The van der Waals surface area contributed by atoms with Crippen LogP contribution in [-0.4, -0.2) is 46.1 Å². The average Bonchev–Trinajstić information content (AvgIpc) is 3.23. The highest BCUT2D eigenvalue weighted by Crippen LogP contribution is 2.18. The zero-order valence-electron chi connectivity index (χ0n) is 39.7. The Labute approximate surface area is 364 Å². The van der Waals surface area contributed by atoms with Gasteiger partial charge in [-0.25, -0.2) is 0 Å². The van der Waals surface area contributed by atoms with Crippen molar-refractivity contribution in [3.05, 3.63) is 0 Å². The van der Waals surface area contributed by atoms with E-state index in [4.69, 9.17) is 0 Å². The molecule has 0 aromatic heterocycles. The predicted octanol–water partition coefficient (Wildman–Crippen LogP) is 16.2. The summed E-state index contributed by atoms with van der Waals surface area (Å²) in [5.41, 5.74) is 0. The Balaban J connectivity index is 3.51. The lowest BCUT2D eigenvalue weighted by Gasteiger charge is -2.23. The minimum atomic E-state index is -1.07. The SMILES string of the molecule is CCCCCCCCCCCCCCCCCCCCCCCCCC(O)C(CO)NC(=O)C(O)CCCCCCCCCCCCCCCCCCCCCCC. The van der Waals surface area contributed by atoms with Crippen molar-refractivity contribution in [3.8, 4) is 0 Å². The van der Waals surface area contributed by atoms with Gasteiger partial charge in [0.1, 0.15) is 6.10 Å². The van der Waals surface area contributed by atoms with Crippen molar-refractivity contribution in [2.24, 2.45) is 0 Å². The molecule has 1 amide bonds. The Morgan fingerprint density at radius 3 is 0.776 bits per heavy atom. The zero-order chi connectivity index (χ0) is 42.3. The monoisotopic (exact) mass is 822 g/mol. The predicted molar refractivity (Wildman–Crippen MR) is 255 cm³/mol. The first kappa shape index (κ1) is 57.3. The molecule has 0 aromatic carbocycles. The van der Waals surface area contributed by atoms with Crippen LogP contribution in [0.2, 0.25) is 0 Å². The van der Waals surface area contributed by atoms with Crippen molar-refractivity contribution in [2.75, 3.05) is 6.61 Å². The number of carbonyl (C=O) groups excluding carboxylic acids is 1. The molecule has 3 unspecified atom stereocenters. The quantitative estimate of drug-likeness (QED) is 0.0460. The fourth-order valence-corrected chi connectivity index (χ4v) is 8.78. The van der Waals surface area contributed by atoms with Crippen molar-refractivity contribution >= 4 is 5.91 Å². The molecule has 0 radical (unpaired) electrons. The molecule has 0 aliphatic carbocycles. The maximum Gasteiger partial charge on any atom is 0.249 e. The first-order chi connectivity index (χ1) is 28.6. The normalized spacial score (nSPS) is 13.3. The van der Waals surface area contributed by atoms with E-state index < -0.39 is 24.2 Å². The number of aliphatic hydroxyl groups excluding tert-OH is 3. The van der Waals surface area contributed by atoms with E-state index in [1.165, 1.54) is 250 Å². The second-order valence-corrected chi connectivity index (χ2v) is 18.8. The summed E-state index contributed by atoms with van der Waals surface area (Å²) in [4.78, 5) is 12.6. The van der Waals surface area contributed by atoms with Crippen LogP contribution in [0.1, 0.15) is 309 Å². The number of unbranched alkanes of at least 4 members (excludes halogenated alkanes) is 42. The maximum atomic E-state index is 12.6. The van der Waals surface area contributed by atoms with E-state index in [0.717, 1.165) is 32.1 Å². The van der Waals surface area contributed by atoms with Crippen LogP contribution in [0, 0.1) is 0 Å². The minimum absolute atomic E-state index is 0.307. The topological polar surface area (TPSA) is 89.8 Å². The molecule has 5 nitrogen and oxygen atoms in total. The van der Waals surface area contributed by atoms with E-state index in [0.29, 0.717) is 12.8 Å². The van der Waals surface area contributed by atoms with Gasteiger partial charge in [0, 0.05) is 0 Å². The van der Waals surface area contributed by atoms with Crippen LogP contribution in [0.4, 0.5) is 0 Å². The lowest BCUT2D eigenvalue weighted by molar-refractivity contribution is -0.131. The smallest absolute Gasteiger partial charge is 0.249 e. The number of hydrogen-bond acceptors (Lipinski definition) is 4. The average molecular weight is 822 g/mol. The number of carbonyl (C=O) groups is 1. The van der Waals surface area contributed by atoms with Crippen LogP contribution in [-0.2, 0) is 4.79 Å². The minimum Gasteiger partial charge on any atom is -0.394 e. The van der Waals surface area contributed by atoms with Crippen molar-refractivity contribution < 1.29 is 20.1 Å². The Hall–Kier alpha value is -0.650. The fourth-order valence-electron chi connectivity index (χ4n) is 8.78. The molecule has 0 spiro atoms. The highest BCUT2D eigenvalue weighted by Gasteiger charge is 2.23. The van der Waals surface area contributed by atoms with E-state index >= 15 is 0 Å². The molecule has 0 rings (SSSR count). The summed E-state index contributed by atoms with van der Waals surface area (Å²) in [6.07, 6.45) is 58.5. The van der Waals surface area contributed by atoms with E-state index in [1.54, 1.807) is 0 Å². The molecule has 0 fully saturated rings. The van der Waals surface area contributed by atoms with E-state index in [9.17, 15) is 20.1 Å². The number of hydrogen-bond donors (Lipinski definition) is 4. The number of amides is 1. The van der Waals surface area contributed by atoms with Gasteiger partial charge in [-0.15, -0.1) is 0 Å². The molecule has 0 heterocycles. The maximum absolute atomic E-state index is 12.6. The number of nitrogens with one attached hydrogen (secondary N) is 1. The molecule has 0 saturated carbocycles. The van der Waals surface area contributed by atoms with Crippen molar-refractivity contribution in [3.63, 3.8) is 0 Å². The summed E-state index contributed by atoms with van der Waals surface area (Å²) in [6, 6.07) is -0.707. The molecule has 0 aliphatic rings. The van der Waals surface area contributed by atoms with Gasteiger partial charge < -0.3 is 20.6 Å². The molecule has 0 saturated heterocycles. The fraction of sp³-hybridized carbons (Fsp3) is 0.981. The summed E-state index contributed by atoms with van der Waals surface area (Å²) in [5.74, 6) is -0.462. The van der Waals surface area contributed by atoms with Gasteiger partial charge in [-0.05, 0) is 12.8 Å². The van der Waals surface area contributed by atoms with E-state index in [1.807, 2.05) is 0 Å². The third-order valence-corrected chi connectivity index (χ3v) is 13.0. The van der Waals surface area contributed by atoms with Crippen molar-refractivity contribution in [1.82, 2.24) is 5.32 Å². The summed E-state index contributed by atoms with van der Waals surface area (Å²) in [7, 11) is 0. The third-order valence-electron chi connectivity index (χ3n) is 13.0. The van der Waals surface area contributed by atoms with Crippen molar-refractivity contribution in [2.45, 2.75) is 327 Å². The molecular formula is C53H107NO4. The largest absolute Gasteiger partial charge is 0.394 e. The van der Waals surface area contributed by atoms with Gasteiger partial charge in [0.2, 0.25) is 5.91 Å². The number of rotatable bonds is 50. The lowest BCUT2D eigenvalue weighted by atomic mass is 10.0. The molecule has 0 aromatic rings. The van der Waals surface area contributed by atoms with Crippen LogP contribution in [0.3, 0.4) is 0 Å². The summed E-state index contributed by atoms with van der Waals surface area (Å²) in [6.45, 7) is 4.27. The van der Waals surface area contributed by atoms with Crippen LogP contribution in [0.5, 0.6) is 0 Å². The van der Waals surface area contributed by atoms with E-state index in [2.05, 4.69) is 19.2 Å². The van der Waals surface area contributed by atoms with Gasteiger partial charge in [0.25, 0.3) is 0 Å². The third kappa shape index (κ3) is 43.4. The first-order valence-electron chi connectivity index (χ1n) is 26.8. The van der Waals surface area contributed by atoms with Crippen LogP contribution in [0.25, 0.3) is 0 Å². The van der Waals surface area contributed by atoms with Crippen LogP contribution in [0.15, 0.2) is 0 Å². The van der Waals surface area contributed by atoms with Gasteiger partial charge >= 0.3 is 0 Å². The summed E-state index contributed by atoms with van der Waals surface area (Å²) < 4.78 is 0. The van der Waals surface area contributed by atoms with Crippen LogP contribution >= 0.6 is 0 Å².